The van der Waals surface area contributed by atoms with E-state index in [9.17, 15) is 9.59 Å². The lowest BCUT2D eigenvalue weighted by Crippen LogP contribution is -2.13. The van der Waals surface area contributed by atoms with Gasteiger partial charge >= 0.3 is 0 Å². The number of pyridine rings is 2. The molecular formula is C14H8Cl2N4O2. The first-order valence-electron chi connectivity index (χ1n) is 6.07. The number of nitrogens with two attached hydrogens (primary N) is 2. The maximum absolute atomic E-state index is 11.3. The predicted octanol–water partition coefficient (Wildman–Crippen LogP) is 2.29. The van der Waals surface area contributed by atoms with E-state index in [1.807, 2.05) is 0 Å². The van der Waals surface area contributed by atoms with Gasteiger partial charge in [0.2, 0.25) is 0 Å². The van der Waals surface area contributed by atoms with E-state index < -0.39 is 11.8 Å². The van der Waals surface area contributed by atoms with E-state index in [4.69, 9.17) is 34.7 Å². The molecule has 0 spiro atoms. The highest BCUT2D eigenvalue weighted by molar-refractivity contribution is 6.41. The van der Waals surface area contributed by atoms with Gasteiger partial charge < -0.3 is 11.5 Å². The molecule has 0 aliphatic heterocycles. The first-order chi connectivity index (χ1) is 10.4. The molecule has 0 fully saturated rings. The Balaban J connectivity index is 2.43. The molecule has 110 valence electrons. The third kappa shape index (κ3) is 2.04. The van der Waals surface area contributed by atoms with Gasteiger partial charge in [0.05, 0.1) is 32.2 Å². The topological polar surface area (TPSA) is 112 Å². The normalized spacial score (nSPS) is 11.0. The highest BCUT2D eigenvalue weighted by atomic mass is 35.5. The van der Waals surface area contributed by atoms with Crippen LogP contribution in [0, 0.1) is 0 Å². The molecular weight excluding hydrogens is 327 g/mol. The number of carbonyl (C=O) groups is 2. The summed E-state index contributed by atoms with van der Waals surface area (Å²) in [6.45, 7) is 0. The molecule has 22 heavy (non-hydrogen) atoms. The van der Waals surface area contributed by atoms with E-state index in [0.29, 0.717) is 21.8 Å². The molecule has 1 aromatic carbocycles. The third-order valence-electron chi connectivity index (χ3n) is 3.27. The third-order valence-corrected chi connectivity index (χ3v) is 4.09. The number of nitrogens with zero attached hydrogens (tertiary/aromatic N) is 2. The van der Waals surface area contributed by atoms with Crippen molar-refractivity contribution < 1.29 is 9.59 Å². The van der Waals surface area contributed by atoms with Crippen molar-refractivity contribution in [2.24, 2.45) is 11.5 Å². The molecule has 3 aromatic rings. The molecule has 0 atom stereocenters. The minimum atomic E-state index is -0.672. The Morgan fingerprint density at radius 1 is 0.818 bits per heavy atom. The number of rotatable bonds is 2. The molecule has 0 aliphatic carbocycles. The van der Waals surface area contributed by atoms with Crippen LogP contribution in [0.15, 0.2) is 24.5 Å². The molecule has 0 unspecified atom stereocenters. The van der Waals surface area contributed by atoms with Crippen molar-refractivity contribution in [3.05, 3.63) is 45.7 Å². The summed E-state index contributed by atoms with van der Waals surface area (Å²) in [5.74, 6) is -1.34. The van der Waals surface area contributed by atoms with Crippen LogP contribution in [-0.2, 0) is 0 Å². The van der Waals surface area contributed by atoms with Crippen LogP contribution in [0.1, 0.15) is 20.7 Å². The maximum atomic E-state index is 11.3. The number of aromatic nitrogens is 2. The van der Waals surface area contributed by atoms with E-state index in [1.54, 1.807) is 12.1 Å². The monoisotopic (exact) mass is 334 g/mol. The van der Waals surface area contributed by atoms with Crippen LogP contribution in [0.3, 0.4) is 0 Å². The van der Waals surface area contributed by atoms with Gasteiger partial charge in [-0.3, -0.25) is 19.6 Å². The second kappa shape index (κ2) is 5.08. The zero-order chi connectivity index (χ0) is 16.0. The Morgan fingerprint density at radius 2 is 1.18 bits per heavy atom. The Bertz CT molecular complexity index is 893. The second-order valence-corrected chi connectivity index (χ2v) is 5.31. The molecule has 0 saturated heterocycles. The Labute approximate surface area is 134 Å². The van der Waals surface area contributed by atoms with Crippen molar-refractivity contribution in [3.8, 4) is 0 Å². The summed E-state index contributed by atoms with van der Waals surface area (Å²) in [6.07, 6.45) is 2.56. The van der Waals surface area contributed by atoms with Gasteiger partial charge in [0.1, 0.15) is 0 Å². The summed E-state index contributed by atoms with van der Waals surface area (Å²) in [6, 6.07) is 3.27. The molecule has 0 bridgehead atoms. The first-order valence-corrected chi connectivity index (χ1v) is 6.82. The molecule has 4 N–H and O–H groups in total. The number of benzene rings is 1. The van der Waals surface area contributed by atoms with Crippen LogP contribution in [0.25, 0.3) is 21.8 Å². The van der Waals surface area contributed by atoms with Gasteiger partial charge in [-0.25, -0.2) is 0 Å². The highest BCUT2D eigenvalue weighted by Gasteiger charge is 2.17. The van der Waals surface area contributed by atoms with E-state index in [2.05, 4.69) is 9.97 Å². The predicted molar refractivity (Wildman–Crippen MR) is 84.1 cm³/mol. The van der Waals surface area contributed by atoms with Crippen LogP contribution >= 0.6 is 23.2 Å². The lowest BCUT2D eigenvalue weighted by molar-refractivity contribution is 0.0991. The summed E-state index contributed by atoms with van der Waals surface area (Å²) in [5, 5.41) is 1.41. The van der Waals surface area contributed by atoms with Crippen molar-refractivity contribution in [1.82, 2.24) is 9.97 Å². The summed E-state index contributed by atoms with van der Waals surface area (Å²) in [7, 11) is 0. The van der Waals surface area contributed by atoms with Crippen LogP contribution in [0.2, 0.25) is 10.0 Å². The van der Waals surface area contributed by atoms with Crippen LogP contribution < -0.4 is 11.5 Å². The number of primary amides is 2. The Morgan fingerprint density at radius 3 is 1.50 bits per heavy atom. The molecule has 3 rings (SSSR count). The van der Waals surface area contributed by atoms with Crippen LogP contribution in [-0.4, -0.2) is 21.8 Å². The van der Waals surface area contributed by atoms with Crippen molar-refractivity contribution >= 4 is 56.8 Å². The number of amides is 2. The van der Waals surface area contributed by atoms with E-state index >= 15 is 0 Å². The molecule has 0 radical (unpaired) electrons. The first kappa shape index (κ1) is 14.5. The number of fused-ring (bicyclic) bond motifs is 3. The molecule has 2 aromatic heterocycles. The molecule has 8 heteroatoms. The quantitative estimate of drug-likeness (QED) is 0.700. The lowest BCUT2D eigenvalue weighted by atomic mass is 10.1. The standard InChI is InChI=1S/C14H8Cl2N4O2/c15-9-5-1-2-6-10(16)8(14(18)22)4-20-12(6)11(5)19-3-7(9)13(17)21/h1-4H,(H2,17,21)(H2,18,22). The van der Waals surface area contributed by atoms with Crippen molar-refractivity contribution in [1.29, 1.82) is 0 Å². The van der Waals surface area contributed by atoms with E-state index in [-0.39, 0.29) is 21.2 Å². The molecule has 0 aliphatic rings. The summed E-state index contributed by atoms with van der Waals surface area (Å²) < 4.78 is 0. The smallest absolute Gasteiger partial charge is 0.251 e. The van der Waals surface area contributed by atoms with Gasteiger partial charge in [0, 0.05) is 23.2 Å². The van der Waals surface area contributed by atoms with Gasteiger partial charge in [-0.15, -0.1) is 0 Å². The molecule has 0 saturated carbocycles. The fourth-order valence-corrected chi connectivity index (χ4v) is 2.79. The zero-order valence-electron chi connectivity index (χ0n) is 10.9. The fraction of sp³-hybridized carbons (Fsp3) is 0. The highest BCUT2D eigenvalue weighted by Crippen LogP contribution is 2.33. The number of halogens is 2. The zero-order valence-corrected chi connectivity index (χ0v) is 12.4. The van der Waals surface area contributed by atoms with Gasteiger partial charge in [0.15, 0.2) is 0 Å². The van der Waals surface area contributed by atoms with Gasteiger partial charge in [-0.1, -0.05) is 35.3 Å². The SMILES string of the molecule is NC(=O)c1cnc2c(ccc3c(Cl)c(C(N)=O)cnc32)c1Cl. The number of hydrogen-bond acceptors (Lipinski definition) is 4. The maximum Gasteiger partial charge on any atom is 0.251 e. The van der Waals surface area contributed by atoms with Crippen molar-refractivity contribution in [3.63, 3.8) is 0 Å². The summed E-state index contributed by atoms with van der Waals surface area (Å²) in [4.78, 5) is 31.0. The van der Waals surface area contributed by atoms with E-state index in [0.717, 1.165) is 0 Å². The average molecular weight is 335 g/mol. The van der Waals surface area contributed by atoms with E-state index in [1.165, 1.54) is 12.4 Å². The lowest BCUT2D eigenvalue weighted by Gasteiger charge is -2.09. The minimum Gasteiger partial charge on any atom is -0.366 e. The Kier molecular flexibility index (Phi) is 3.35. The van der Waals surface area contributed by atoms with Gasteiger partial charge in [0.25, 0.3) is 11.8 Å². The largest absolute Gasteiger partial charge is 0.366 e. The summed E-state index contributed by atoms with van der Waals surface area (Å²) in [5.41, 5.74) is 11.6. The molecule has 2 amide bonds. The number of carbonyl (C=O) groups excluding carboxylic acids is 2. The second-order valence-electron chi connectivity index (χ2n) is 4.56. The number of hydrogen-bond donors (Lipinski definition) is 2. The molecule has 6 nitrogen and oxygen atoms in total. The van der Waals surface area contributed by atoms with Crippen molar-refractivity contribution in [2.45, 2.75) is 0 Å². The van der Waals surface area contributed by atoms with Crippen LogP contribution in [0.4, 0.5) is 0 Å². The van der Waals surface area contributed by atoms with Gasteiger partial charge in [-0.2, -0.15) is 0 Å². The Hall–Kier alpha value is -2.44. The average Bonchev–Trinajstić information content (AvgIpc) is 2.47. The fourth-order valence-electron chi connectivity index (χ4n) is 2.20. The summed E-state index contributed by atoms with van der Waals surface area (Å²) >= 11 is 12.4. The van der Waals surface area contributed by atoms with Crippen molar-refractivity contribution in [2.75, 3.05) is 0 Å². The molecule has 2 heterocycles. The van der Waals surface area contributed by atoms with Gasteiger partial charge in [-0.05, 0) is 0 Å². The van der Waals surface area contributed by atoms with Crippen LogP contribution in [0.5, 0.6) is 0 Å². The minimum absolute atomic E-state index is 0.119.